The van der Waals surface area contributed by atoms with Gasteiger partial charge in [-0.25, -0.2) is 0 Å². The van der Waals surface area contributed by atoms with Crippen LogP contribution in [0, 0.1) is 0 Å². The molecule has 2 aromatic rings. The van der Waals surface area contributed by atoms with Gasteiger partial charge < -0.3 is 10.6 Å². The van der Waals surface area contributed by atoms with Crippen molar-refractivity contribution < 1.29 is 9.59 Å². The first-order valence-electron chi connectivity index (χ1n) is 8.29. The van der Waals surface area contributed by atoms with E-state index >= 15 is 0 Å². The molecular formula is C18H22N4O2. The van der Waals surface area contributed by atoms with Gasteiger partial charge in [0, 0.05) is 36.3 Å². The molecule has 126 valence electrons. The van der Waals surface area contributed by atoms with Gasteiger partial charge in [-0.3, -0.25) is 14.7 Å². The van der Waals surface area contributed by atoms with Gasteiger partial charge in [0.05, 0.1) is 6.20 Å². The molecule has 1 aromatic heterocycles. The van der Waals surface area contributed by atoms with Gasteiger partial charge in [-0.1, -0.05) is 18.2 Å². The minimum atomic E-state index is -0.0604. The molecule has 0 spiro atoms. The zero-order chi connectivity index (χ0) is 16.9. The van der Waals surface area contributed by atoms with E-state index in [0.29, 0.717) is 5.56 Å². The molecule has 1 aliphatic rings. The summed E-state index contributed by atoms with van der Waals surface area (Å²) in [6, 6.07) is 7.92. The normalized spacial score (nSPS) is 20.4. The van der Waals surface area contributed by atoms with E-state index in [2.05, 4.69) is 20.8 Å². The molecule has 1 aromatic carbocycles. The quantitative estimate of drug-likeness (QED) is 0.805. The highest BCUT2D eigenvalue weighted by molar-refractivity contribution is 6.00. The minimum absolute atomic E-state index is 0.0107. The summed E-state index contributed by atoms with van der Waals surface area (Å²) in [7, 11) is 0. The smallest absolute Gasteiger partial charge is 0.252 e. The lowest BCUT2D eigenvalue weighted by atomic mass is 9.90. The Bertz CT molecular complexity index is 704. The fraction of sp³-hybridized carbons (Fsp3) is 0.389. The number of hydrogen-bond donors (Lipinski definition) is 3. The molecule has 24 heavy (non-hydrogen) atoms. The number of carbonyl (C=O) groups is 2. The Morgan fingerprint density at radius 2 is 1.75 bits per heavy atom. The highest BCUT2D eigenvalue weighted by Gasteiger charge is 2.24. The van der Waals surface area contributed by atoms with Crippen molar-refractivity contribution >= 4 is 11.8 Å². The molecule has 1 saturated carbocycles. The summed E-state index contributed by atoms with van der Waals surface area (Å²) < 4.78 is 0. The van der Waals surface area contributed by atoms with E-state index in [1.807, 2.05) is 24.3 Å². The lowest BCUT2D eigenvalue weighted by Crippen LogP contribution is -2.43. The van der Waals surface area contributed by atoms with Gasteiger partial charge in [0.1, 0.15) is 0 Å². The van der Waals surface area contributed by atoms with Crippen molar-refractivity contribution in [2.45, 2.75) is 44.7 Å². The van der Waals surface area contributed by atoms with Crippen molar-refractivity contribution in [2.24, 2.45) is 0 Å². The molecule has 6 nitrogen and oxygen atoms in total. The summed E-state index contributed by atoms with van der Waals surface area (Å²) in [4.78, 5) is 23.8. The number of aromatic amines is 1. The molecule has 0 unspecified atom stereocenters. The molecule has 3 rings (SSSR count). The molecule has 1 aliphatic carbocycles. The zero-order valence-electron chi connectivity index (χ0n) is 13.7. The number of nitrogens with one attached hydrogen (secondary N) is 3. The molecule has 2 amide bonds. The summed E-state index contributed by atoms with van der Waals surface area (Å²) in [5.41, 5.74) is 2.42. The maximum Gasteiger partial charge on any atom is 0.252 e. The lowest BCUT2D eigenvalue weighted by molar-refractivity contribution is -0.119. The van der Waals surface area contributed by atoms with E-state index in [9.17, 15) is 9.59 Å². The van der Waals surface area contributed by atoms with Crippen LogP contribution in [0.3, 0.4) is 0 Å². The van der Waals surface area contributed by atoms with E-state index in [1.54, 1.807) is 19.3 Å². The first-order valence-corrected chi connectivity index (χ1v) is 8.29. The average Bonchev–Trinajstić information content (AvgIpc) is 3.10. The molecule has 0 aliphatic heterocycles. The summed E-state index contributed by atoms with van der Waals surface area (Å²) >= 11 is 0. The van der Waals surface area contributed by atoms with Crippen molar-refractivity contribution in [3.8, 4) is 11.1 Å². The summed E-state index contributed by atoms with van der Waals surface area (Å²) in [6.07, 6.45) is 7.05. The van der Waals surface area contributed by atoms with Crippen LogP contribution in [-0.2, 0) is 4.79 Å². The van der Waals surface area contributed by atoms with Gasteiger partial charge >= 0.3 is 0 Å². The Morgan fingerprint density at radius 1 is 1.08 bits per heavy atom. The Hall–Kier alpha value is -2.63. The molecule has 0 atom stereocenters. The average molecular weight is 326 g/mol. The predicted octanol–water partition coefficient (Wildman–Crippen LogP) is 2.25. The van der Waals surface area contributed by atoms with E-state index in [-0.39, 0.29) is 23.9 Å². The zero-order valence-corrected chi connectivity index (χ0v) is 13.7. The highest BCUT2D eigenvalue weighted by Crippen LogP contribution is 2.24. The van der Waals surface area contributed by atoms with Crippen LogP contribution >= 0.6 is 0 Å². The second kappa shape index (κ2) is 7.29. The summed E-state index contributed by atoms with van der Waals surface area (Å²) in [5, 5.41) is 12.8. The Balaban J connectivity index is 1.64. The molecule has 1 heterocycles. The first kappa shape index (κ1) is 16.2. The largest absolute Gasteiger partial charge is 0.354 e. The van der Waals surface area contributed by atoms with Crippen LogP contribution in [-0.4, -0.2) is 34.1 Å². The molecule has 3 N–H and O–H groups in total. The molecule has 0 radical (unpaired) electrons. The van der Waals surface area contributed by atoms with Crippen LogP contribution in [0.15, 0.2) is 36.7 Å². The Morgan fingerprint density at radius 3 is 2.38 bits per heavy atom. The monoisotopic (exact) mass is 326 g/mol. The van der Waals surface area contributed by atoms with Crippen molar-refractivity contribution in [1.29, 1.82) is 0 Å². The van der Waals surface area contributed by atoms with E-state index in [1.165, 1.54) is 0 Å². The van der Waals surface area contributed by atoms with E-state index in [0.717, 1.165) is 36.8 Å². The number of nitrogens with zero attached hydrogens (tertiary/aromatic N) is 1. The van der Waals surface area contributed by atoms with Crippen LogP contribution < -0.4 is 10.6 Å². The standard InChI is InChI=1S/C18H22N4O2/c1-12(23)21-14-6-8-15(9-7-14)22-18(24)17-5-3-2-4-16(17)13-10-19-20-11-13/h2-5,10-11,14-15H,6-9H2,1H3,(H,19,20)(H,21,23)(H,22,24). The third kappa shape index (κ3) is 3.82. The topological polar surface area (TPSA) is 86.9 Å². The summed E-state index contributed by atoms with van der Waals surface area (Å²) in [5.74, 6) is -0.0497. The minimum Gasteiger partial charge on any atom is -0.354 e. The molecule has 0 saturated heterocycles. The molecule has 0 bridgehead atoms. The third-order valence-corrected chi connectivity index (χ3v) is 4.45. The number of amides is 2. The number of rotatable bonds is 4. The van der Waals surface area contributed by atoms with Crippen molar-refractivity contribution in [2.75, 3.05) is 0 Å². The lowest BCUT2D eigenvalue weighted by Gasteiger charge is -2.29. The van der Waals surface area contributed by atoms with Crippen LogP contribution in [0.25, 0.3) is 11.1 Å². The van der Waals surface area contributed by atoms with E-state index < -0.39 is 0 Å². The van der Waals surface area contributed by atoms with Crippen molar-refractivity contribution in [3.63, 3.8) is 0 Å². The predicted molar refractivity (Wildman–Crippen MR) is 91.4 cm³/mol. The second-order valence-corrected chi connectivity index (χ2v) is 6.26. The SMILES string of the molecule is CC(=O)NC1CCC(NC(=O)c2ccccc2-c2cn[nH]c2)CC1. The van der Waals surface area contributed by atoms with Crippen molar-refractivity contribution in [3.05, 3.63) is 42.2 Å². The number of hydrogen-bond acceptors (Lipinski definition) is 3. The first-order chi connectivity index (χ1) is 11.6. The number of H-pyrrole nitrogens is 1. The summed E-state index contributed by atoms with van der Waals surface area (Å²) in [6.45, 7) is 1.54. The molecular weight excluding hydrogens is 304 g/mol. The van der Waals surface area contributed by atoms with Gasteiger partial charge in [-0.2, -0.15) is 5.10 Å². The highest BCUT2D eigenvalue weighted by atomic mass is 16.2. The van der Waals surface area contributed by atoms with Crippen molar-refractivity contribution in [1.82, 2.24) is 20.8 Å². The molecule has 1 fully saturated rings. The maximum absolute atomic E-state index is 12.7. The van der Waals surface area contributed by atoms with Gasteiger partial charge in [0.25, 0.3) is 5.91 Å². The van der Waals surface area contributed by atoms with Crippen LogP contribution in [0.2, 0.25) is 0 Å². The molecule has 6 heteroatoms. The van der Waals surface area contributed by atoms with Gasteiger partial charge in [-0.15, -0.1) is 0 Å². The van der Waals surface area contributed by atoms with Crippen LogP contribution in [0.1, 0.15) is 43.0 Å². The third-order valence-electron chi connectivity index (χ3n) is 4.45. The number of aromatic nitrogens is 2. The van der Waals surface area contributed by atoms with Gasteiger partial charge in [0.2, 0.25) is 5.91 Å². The maximum atomic E-state index is 12.7. The number of benzene rings is 1. The second-order valence-electron chi connectivity index (χ2n) is 6.26. The van der Waals surface area contributed by atoms with Gasteiger partial charge in [-0.05, 0) is 37.3 Å². The van der Waals surface area contributed by atoms with E-state index in [4.69, 9.17) is 0 Å². The van der Waals surface area contributed by atoms with Crippen LogP contribution in [0.5, 0.6) is 0 Å². The van der Waals surface area contributed by atoms with Gasteiger partial charge in [0.15, 0.2) is 0 Å². The van der Waals surface area contributed by atoms with Crippen LogP contribution in [0.4, 0.5) is 0 Å². The number of carbonyl (C=O) groups excluding carboxylic acids is 2. The Labute approximate surface area is 141 Å². The fourth-order valence-corrected chi connectivity index (χ4v) is 3.26. The Kier molecular flexibility index (Phi) is 4.93. The fourth-order valence-electron chi connectivity index (χ4n) is 3.26.